The van der Waals surface area contributed by atoms with Gasteiger partial charge in [-0.2, -0.15) is 0 Å². The van der Waals surface area contributed by atoms with Gasteiger partial charge in [-0.3, -0.25) is 0 Å². The standard InChI is InChI=1S/C16H30N2/c17-13-3-5-14(6-4-13)18-15-7-11-16(12-8-15)9-1-2-10-16/h13-15,18H,1-12,17H2. The van der Waals surface area contributed by atoms with Gasteiger partial charge in [0.25, 0.3) is 0 Å². The molecular formula is C16H30N2. The quantitative estimate of drug-likeness (QED) is 0.789. The summed E-state index contributed by atoms with van der Waals surface area (Å²) in [6, 6.07) is 2.07. The molecule has 0 amide bonds. The monoisotopic (exact) mass is 250 g/mol. The predicted octanol–water partition coefficient (Wildman–Crippen LogP) is 3.35. The summed E-state index contributed by atoms with van der Waals surface area (Å²) in [5.74, 6) is 0. The highest BCUT2D eigenvalue weighted by atomic mass is 15.0. The van der Waals surface area contributed by atoms with Crippen molar-refractivity contribution >= 4 is 0 Å². The third-order valence-corrected chi connectivity index (χ3v) is 5.95. The average molecular weight is 250 g/mol. The van der Waals surface area contributed by atoms with E-state index in [-0.39, 0.29) is 0 Å². The summed E-state index contributed by atoms with van der Waals surface area (Å²) in [5.41, 5.74) is 6.77. The number of hydrogen-bond donors (Lipinski definition) is 2. The lowest BCUT2D eigenvalue weighted by Gasteiger charge is -2.40. The summed E-state index contributed by atoms with van der Waals surface area (Å²) < 4.78 is 0. The van der Waals surface area contributed by atoms with Gasteiger partial charge in [0.2, 0.25) is 0 Å². The summed E-state index contributed by atoms with van der Waals surface area (Å²) in [6.45, 7) is 0. The van der Waals surface area contributed by atoms with Crippen LogP contribution in [0.1, 0.15) is 77.0 Å². The predicted molar refractivity (Wildman–Crippen MR) is 76.5 cm³/mol. The molecule has 3 aliphatic carbocycles. The number of nitrogens with two attached hydrogens (primary N) is 1. The van der Waals surface area contributed by atoms with E-state index in [4.69, 9.17) is 5.73 Å². The fourth-order valence-corrected chi connectivity index (χ4v) is 4.64. The maximum Gasteiger partial charge on any atom is 0.00708 e. The molecule has 3 rings (SSSR count). The van der Waals surface area contributed by atoms with Gasteiger partial charge in [-0.05, 0) is 69.6 Å². The van der Waals surface area contributed by atoms with E-state index < -0.39 is 0 Å². The van der Waals surface area contributed by atoms with Crippen LogP contribution in [0.2, 0.25) is 0 Å². The molecule has 0 aromatic carbocycles. The third kappa shape index (κ3) is 2.91. The van der Waals surface area contributed by atoms with Crippen LogP contribution in [0.15, 0.2) is 0 Å². The van der Waals surface area contributed by atoms with E-state index in [1.165, 1.54) is 77.0 Å². The second-order valence-electron chi connectivity index (χ2n) is 7.26. The van der Waals surface area contributed by atoms with Gasteiger partial charge in [0, 0.05) is 18.1 Å². The first kappa shape index (κ1) is 12.9. The van der Waals surface area contributed by atoms with Crippen molar-refractivity contribution in [2.75, 3.05) is 0 Å². The van der Waals surface area contributed by atoms with Gasteiger partial charge < -0.3 is 11.1 Å². The normalized spacial score (nSPS) is 37.2. The number of rotatable bonds is 2. The van der Waals surface area contributed by atoms with Crippen molar-refractivity contribution in [2.45, 2.75) is 95.2 Å². The first-order valence-electron chi connectivity index (χ1n) is 8.27. The molecule has 3 fully saturated rings. The fraction of sp³-hybridized carbons (Fsp3) is 1.00. The lowest BCUT2D eigenvalue weighted by Crippen LogP contribution is -2.45. The molecule has 1 spiro atoms. The van der Waals surface area contributed by atoms with E-state index in [0.29, 0.717) is 6.04 Å². The summed E-state index contributed by atoms with van der Waals surface area (Å²) >= 11 is 0. The summed E-state index contributed by atoms with van der Waals surface area (Å²) in [6.07, 6.45) is 17.0. The van der Waals surface area contributed by atoms with Crippen molar-refractivity contribution in [3.05, 3.63) is 0 Å². The van der Waals surface area contributed by atoms with Crippen LogP contribution in [0.4, 0.5) is 0 Å². The first-order valence-corrected chi connectivity index (χ1v) is 8.27. The topological polar surface area (TPSA) is 38.0 Å². The Bertz CT molecular complexity index is 252. The Morgan fingerprint density at radius 3 is 1.89 bits per heavy atom. The van der Waals surface area contributed by atoms with E-state index in [9.17, 15) is 0 Å². The molecule has 0 saturated heterocycles. The van der Waals surface area contributed by atoms with Crippen LogP contribution in [-0.2, 0) is 0 Å². The van der Waals surface area contributed by atoms with Crippen LogP contribution >= 0.6 is 0 Å². The lowest BCUT2D eigenvalue weighted by molar-refractivity contribution is 0.157. The van der Waals surface area contributed by atoms with Crippen molar-refractivity contribution in [3.8, 4) is 0 Å². The van der Waals surface area contributed by atoms with E-state index >= 15 is 0 Å². The first-order chi connectivity index (χ1) is 8.76. The highest BCUT2D eigenvalue weighted by Gasteiger charge is 2.37. The molecule has 0 bridgehead atoms. The SMILES string of the molecule is NC1CCC(NC2CCC3(CCCC3)CC2)CC1. The molecule has 18 heavy (non-hydrogen) atoms. The van der Waals surface area contributed by atoms with Crippen LogP contribution in [0.25, 0.3) is 0 Å². The Morgan fingerprint density at radius 2 is 1.28 bits per heavy atom. The van der Waals surface area contributed by atoms with Crippen molar-refractivity contribution in [2.24, 2.45) is 11.1 Å². The summed E-state index contributed by atoms with van der Waals surface area (Å²) in [4.78, 5) is 0. The van der Waals surface area contributed by atoms with Gasteiger partial charge in [0.15, 0.2) is 0 Å². The molecular weight excluding hydrogens is 220 g/mol. The van der Waals surface area contributed by atoms with Gasteiger partial charge >= 0.3 is 0 Å². The van der Waals surface area contributed by atoms with E-state index in [0.717, 1.165) is 17.5 Å². The molecule has 0 heterocycles. The second kappa shape index (κ2) is 5.50. The molecule has 3 saturated carbocycles. The van der Waals surface area contributed by atoms with Gasteiger partial charge in [-0.15, -0.1) is 0 Å². The second-order valence-corrected chi connectivity index (χ2v) is 7.26. The largest absolute Gasteiger partial charge is 0.328 e. The van der Waals surface area contributed by atoms with Crippen LogP contribution < -0.4 is 11.1 Å². The highest BCUT2D eigenvalue weighted by Crippen LogP contribution is 2.48. The van der Waals surface area contributed by atoms with Gasteiger partial charge in [-0.25, -0.2) is 0 Å². The third-order valence-electron chi connectivity index (χ3n) is 5.95. The molecule has 2 nitrogen and oxygen atoms in total. The zero-order valence-corrected chi connectivity index (χ0v) is 11.8. The Kier molecular flexibility index (Phi) is 3.95. The fourth-order valence-electron chi connectivity index (χ4n) is 4.64. The van der Waals surface area contributed by atoms with Crippen molar-refractivity contribution < 1.29 is 0 Å². The number of hydrogen-bond acceptors (Lipinski definition) is 2. The molecule has 0 unspecified atom stereocenters. The Hall–Kier alpha value is -0.0800. The van der Waals surface area contributed by atoms with E-state index in [1.807, 2.05) is 0 Å². The molecule has 0 aliphatic heterocycles. The molecule has 0 radical (unpaired) electrons. The van der Waals surface area contributed by atoms with Crippen molar-refractivity contribution in [3.63, 3.8) is 0 Å². The van der Waals surface area contributed by atoms with Crippen molar-refractivity contribution in [1.29, 1.82) is 0 Å². The maximum atomic E-state index is 5.98. The van der Waals surface area contributed by atoms with Crippen LogP contribution in [0.3, 0.4) is 0 Å². The molecule has 104 valence electrons. The Balaban J connectivity index is 1.42. The Morgan fingerprint density at radius 1 is 0.722 bits per heavy atom. The van der Waals surface area contributed by atoms with Crippen molar-refractivity contribution in [1.82, 2.24) is 5.32 Å². The van der Waals surface area contributed by atoms with Gasteiger partial charge in [-0.1, -0.05) is 12.8 Å². The van der Waals surface area contributed by atoms with E-state index in [2.05, 4.69) is 5.32 Å². The summed E-state index contributed by atoms with van der Waals surface area (Å²) in [5, 5.41) is 3.93. The number of nitrogens with one attached hydrogen (secondary N) is 1. The smallest absolute Gasteiger partial charge is 0.00708 e. The zero-order valence-electron chi connectivity index (χ0n) is 11.8. The Labute approximate surface area is 112 Å². The highest BCUT2D eigenvalue weighted by molar-refractivity contribution is 4.92. The van der Waals surface area contributed by atoms with Crippen LogP contribution in [-0.4, -0.2) is 18.1 Å². The molecule has 3 aliphatic rings. The molecule has 0 atom stereocenters. The van der Waals surface area contributed by atoms with Crippen LogP contribution in [0, 0.1) is 5.41 Å². The minimum atomic E-state index is 0.483. The van der Waals surface area contributed by atoms with Crippen LogP contribution in [0.5, 0.6) is 0 Å². The molecule has 0 aromatic heterocycles. The minimum Gasteiger partial charge on any atom is -0.328 e. The summed E-state index contributed by atoms with van der Waals surface area (Å²) in [7, 11) is 0. The van der Waals surface area contributed by atoms with Gasteiger partial charge in [0.1, 0.15) is 0 Å². The average Bonchev–Trinajstić information content (AvgIpc) is 2.84. The zero-order chi connectivity index (χ0) is 12.4. The molecule has 0 aromatic rings. The lowest BCUT2D eigenvalue weighted by atomic mass is 9.71. The minimum absolute atomic E-state index is 0.483. The molecule has 3 N–H and O–H groups in total. The van der Waals surface area contributed by atoms with Gasteiger partial charge in [0.05, 0.1) is 0 Å². The maximum absolute atomic E-state index is 5.98. The molecule has 2 heteroatoms. The van der Waals surface area contributed by atoms with E-state index in [1.54, 1.807) is 0 Å².